The normalized spacial score (nSPS) is 11.2. The van der Waals surface area contributed by atoms with Gasteiger partial charge in [-0.05, 0) is 6.42 Å². The molecule has 0 atom stereocenters. The Balaban J connectivity index is 2.91. The number of esters is 1. The Kier molecular flexibility index (Phi) is 4.64. The summed E-state index contributed by atoms with van der Waals surface area (Å²) in [6.45, 7) is 6.58. The lowest BCUT2D eigenvalue weighted by Crippen LogP contribution is -2.28. The fourth-order valence-corrected chi connectivity index (χ4v) is 1.45. The second kappa shape index (κ2) is 5.80. The Morgan fingerprint density at radius 1 is 1.44 bits per heavy atom. The van der Waals surface area contributed by atoms with Crippen molar-refractivity contribution in [2.45, 2.75) is 32.6 Å². The molecule has 100 valence electrons. The molecule has 0 aliphatic heterocycles. The van der Waals surface area contributed by atoms with Gasteiger partial charge in [0, 0.05) is 18.5 Å². The summed E-state index contributed by atoms with van der Waals surface area (Å²) < 4.78 is 4.64. The first-order valence-corrected chi connectivity index (χ1v) is 6.01. The first kappa shape index (κ1) is 14.4. The quantitative estimate of drug-likeness (QED) is 0.747. The molecule has 1 rings (SSSR count). The third-order valence-corrected chi connectivity index (χ3v) is 3.21. The molecule has 0 aromatic carbocycles. The molecule has 5 heteroatoms. The first-order chi connectivity index (χ1) is 8.40. The third kappa shape index (κ3) is 3.42. The minimum Gasteiger partial charge on any atom is -0.468 e. The van der Waals surface area contributed by atoms with Gasteiger partial charge in [0.2, 0.25) is 0 Å². The molecule has 0 fully saturated rings. The standard InChI is InChI=1S/C13H21N3O2/c1-6-13(2,3)10-7-11(15-9-14-10)16(4)8-12(17)18-5/h7,9H,6,8H2,1-5H3. The van der Waals surface area contributed by atoms with E-state index in [4.69, 9.17) is 0 Å². The summed E-state index contributed by atoms with van der Waals surface area (Å²) in [5.41, 5.74) is 0.982. The number of ether oxygens (including phenoxy) is 1. The van der Waals surface area contributed by atoms with Crippen LogP contribution in [0.1, 0.15) is 32.9 Å². The number of rotatable bonds is 5. The van der Waals surface area contributed by atoms with Crippen molar-refractivity contribution < 1.29 is 9.53 Å². The zero-order chi connectivity index (χ0) is 13.8. The number of nitrogens with zero attached hydrogens (tertiary/aromatic N) is 3. The van der Waals surface area contributed by atoms with E-state index >= 15 is 0 Å². The van der Waals surface area contributed by atoms with Crippen molar-refractivity contribution >= 4 is 11.8 Å². The van der Waals surface area contributed by atoms with Crippen LogP contribution in [0.5, 0.6) is 0 Å². The van der Waals surface area contributed by atoms with Crippen molar-refractivity contribution in [3.63, 3.8) is 0 Å². The van der Waals surface area contributed by atoms with Crippen molar-refractivity contribution in [3.8, 4) is 0 Å². The van der Waals surface area contributed by atoms with Gasteiger partial charge in [-0.15, -0.1) is 0 Å². The van der Waals surface area contributed by atoms with E-state index in [0.717, 1.165) is 17.9 Å². The Bertz CT molecular complexity index is 418. The molecular formula is C13H21N3O2. The fourth-order valence-electron chi connectivity index (χ4n) is 1.45. The Morgan fingerprint density at radius 2 is 2.11 bits per heavy atom. The van der Waals surface area contributed by atoms with Gasteiger partial charge in [0.15, 0.2) is 0 Å². The van der Waals surface area contributed by atoms with Crippen LogP contribution in [-0.4, -0.2) is 36.6 Å². The fraction of sp³-hybridized carbons (Fsp3) is 0.615. The van der Waals surface area contributed by atoms with Gasteiger partial charge in [0.1, 0.15) is 18.7 Å². The van der Waals surface area contributed by atoms with E-state index in [1.54, 1.807) is 4.90 Å². The summed E-state index contributed by atoms with van der Waals surface area (Å²) >= 11 is 0. The highest BCUT2D eigenvalue weighted by Gasteiger charge is 2.21. The lowest BCUT2D eigenvalue weighted by molar-refractivity contribution is -0.138. The van der Waals surface area contributed by atoms with Crippen LogP contribution in [-0.2, 0) is 14.9 Å². The molecule has 0 aliphatic rings. The van der Waals surface area contributed by atoms with E-state index in [2.05, 4.69) is 35.5 Å². The summed E-state index contributed by atoms with van der Waals surface area (Å²) in [6, 6.07) is 1.92. The number of aromatic nitrogens is 2. The molecule has 0 amide bonds. The molecule has 0 aliphatic carbocycles. The number of likely N-dealkylation sites (N-methyl/N-ethyl adjacent to an activating group) is 1. The lowest BCUT2D eigenvalue weighted by Gasteiger charge is -2.24. The Labute approximate surface area is 108 Å². The van der Waals surface area contributed by atoms with Gasteiger partial charge in [-0.25, -0.2) is 9.97 Å². The molecule has 1 heterocycles. The van der Waals surface area contributed by atoms with E-state index < -0.39 is 0 Å². The first-order valence-electron chi connectivity index (χ1n) is 6.01. The van der Waals surface area contributed by atoms with Gasteiger partial charge in [0.25, 0.3) is 0 Å². The molecule has 1 aromatic heterocycles. The maximum Gasteiger partial charge on any atom is 0.325 e. The molecule has 18 heavy (non-hydrogen) atoms. The van der Waals surface area contributed by atoms with E-state index in [1.807, 2.05) is 13.1 Å². The van der Waals surface area contributed by atoms with Crippen LogP contribution in [0.15, 0.2) is 12.4 Å². The second-order valence-electron chi connectivity index (χ2n) is 4.93. The topological polar surface area (TPSA) is 55.3 Å². The monoisotopic (exact) mass is 251 g/mol. The van der Waals surface area contributed by atoms with Crippen molar-refractivity contribution in [2.75, 3.05) is 25.6 Å². The molecule has 0 saturated heterocycles. The van der Waals surface area contributed by atoms with Crippen LogP contribution in [0.3, 0.4) is 0 Å². The van der Waals surface area contributed by atoms with Crippen molar-refractivity contribution in [2.24, 2.45) is 0 Å². The highest BCUT2D eigenvalue weighted by atomic mass is 16.5. The number of anilines is 1. The van der Waals surface area contributed by atoms with Gasteiger partial charge in [-0.1, -0.05) is 20.8 Å². The van der Waals surface area contributed by atoms with E-state index in [-0.39, 0.29) is 17.9 Å². The van der Waals surface area contributed by atoms with Gasteiger partial charge in [-0.3, -0.25) is 4.79 Å². The van der Waals surface area contributed by atoms with Crippen LogP contribution in [0, 0.1) is 0 Å². The number of carbonyl (C=O) groups excluding carboxylic acids is 1. The maximum atomic E-state index is 11.2. The van der Waals surface area contributed by atoms with Crippen LogP contribution in [0.4, 0.5) is 5.82 Å². The SMILES string of the molecule is CCC(C)(C)c1cc(N(C)CC(=O)OC)ncn1. The van der Waals surface area contributed by atoms with Gasteiger partial charge in [0.05, 0.1) is 12.8 Å². The maximum absolute atomic E-state index is 11.2. The van der Waals surface area contributed by atoms with Gasteiger partial charge < -0.3 is 9.64 Å². The Hall–Kier alpha value is -1.65. The molecular weight excluding hydrogens is 230 g/mol. The average molecular weight is 251 g/mol. The lowest BCUT2D eigenvalue weighted by atomic mass is 9.86. The second-order valence-corrected chi connectivity index (χ2v) is 4.93. The number of hydrogen-bond acceptors (Lipinski definition) is 5. The minimum absolute atomic E-state index is 0.00377. The minimum atomic E-state index is -0.285. The molecule has 0 N–H and O–H groups in total. The van der Waals surface area contributed by atoms with E-state index in [0.29, 0.717) is 0 Å². The van der Waals surface area contributed by atoms with Gasteiger partial charge in [-0.2, -0.15) is 0 Å². The summed E-state index contributed by atoms with van der Waals surface area (Å²) in [7, 11) is 3.18. The van der Waals surface area contributed by atoms with E-state index in [1.165, 1.54) is 13.4 Å². The van der Waals surface area contributed by atoms with Crippen molar-refractivity contribution in [1.29, 1.82) is 0 Å². The predicted octanol–water partition coefficient (Wildman–Crippen LogP) is 1.77. The number of carbonyl (C=O) groups is 1. The van der Waals surface area contributed by atoms with E-state index in [9.17, 15) is 4.79 Å². The molecule has 0 unspecified atom stereocenters. The average Bonchev–Trinajstić information content (AvgIpc) is 2.38. The molecule has 0 spiro atoms. The highest BCUT2D eigenvalue weighted by Crippen LogP contribution is 2.26. The smallest absolute Gasteiger partial charge is 0.325 e. The summed E-state index contributed by atoms with van der Waals surface area (Å²) in [4.78, 5) is 21.5. The van der Waals surface area contributed by atoms with Crippen LogP contribution in [0.2, 0.25) is 0 Å². The van der Waals surface area contributed by atoms with Crippen LogP contribution in [0.25, 0.3) is 0 Å². The van der Waals surface area contributed by atoms with Crippen molar-refractivity contribution in [1.82, 2.24) is 9.97 Å². The number of methoxy groups -OCH3 is 1. The largest absolute Gasteiger partial charge is 0.468 e. The zero-order valence-corrected chi connectivity index (χ0v) is 11.7. The van der Waals surface area contributed by atoms with Crippen LogP contribution >= 0.6 is 0 Å². The summed E-state index contributed by atoms with van der Waals surface area (Å²) in [6.07, 6.45) is 2.53. The Morgan fingerprint density at radius 3 is 2.67 bits per heavy atom. The highest BCUT2D eigenvalue weighted by molar-refractivity contribution is 5.74. The predicted molar refractivity (Wildman–Crippen MR) is 70.6 cm³/mol. The summed E-state index contributed by atoms with van der Waals surface area (Å²) in [5.74, 6) is 0.444. The van der Waals surface area contributed by atoms with Crippen LogP contribution < -0.4 is 4.90 Å². The third-order valence-electron chi connectivity index (χ3n) is 3.21. The summed E-state index contributed by atoms with van der Waals surface area (Å²) in [5, 5.41) is 0. The molecule has 1 aromatic rings. The van der Waals surface area contributed by atoms with Gasteiger partial charge >= 0.3 is 5.97 Å². The molecule has 0 bridgehead atoms. The zero-order valence-electron chi connectivity index (χ0n) is 11.7. The molecule has 5 nitrogen and oxygen atoms in total. The van der Waals surface area contributed by atoms with Crippen molar-refractivity contribution in [3.05, 3.63) is 18.1 Å². The molecule has 0 saturated carbocycles. The number of hydrogen-bond donors (Lipinski definition) is 0. The molecule has 0 radical (unpaired) electrons.